The minimum absolute atomic E-state index is 0.254. The zero-order valence-corrected chi connectivity index (χ0v) is 15.9. The summed E-state index contributed by atoms with van der Waals surface area (Å²) < 4.78 is 0. The number of imide groups is 2. The average Bonchev–Trinajstić information content (AvgIpc) is 2.91. The Morgan fingerprint density at radius 2 is 2.00 bits per heavy atom. The van der Waals surface area contributed by atoms with Gasteiger partial charge in [-0.25, -0.2) is 0 Å². The van der Waals surface area contributed by atoms with Gasteiger partial charge in [0.2, 0.25) is 12.3 Å². The highest BCUT2D eigenvalue weighted by molar-refractivity contribution is 7.99. The van der Waals surface area contributed by atoms with Gasteiger partial charge in [0, 0.05) is 11.3 Å². The van der Waals surface area contributed by atoms with Gasteiger partial charge in [-0.2, -0.15) is 0 Å². The van der Waals surface area contributed by atoms with Crippen molar-refractivity contribution in [2.24, 2.45) is 0 Å². The molecule has 144 valence electrons. The summed E-state index contributed by atoms with van der Waals surface area (Å²) in [5.74, 6) is -0.969. The van der Waals surface area contributed by atoms with E-state index in [4.69, 9.17) is 0 Å². The lowest BCUT2D eigenvalue weighted by Gasteiger charge is -2.24. The Hall–Kier alpha value is -2.48. The summed E-state index contributed by atoms with van der Waals surface area (Å²) in [4.78, 5) is 60.6. The number of benzene rings is 1. The zero-order valence-electron chi connectivity index (χ0n) is 15.1. The quantitative estimate of drug-likeness (QED) is 0.269. The van der Waals surface area contributed by atoms with Gasteiger partial charge in [-0.15, -0.1) is 11.8 Å². The van der Waals surface area contributed by atoms with Crippen LogP contribution in [0, 0.1) is 0 Å². The first-order valence-corrected chi connectivity index (χ1v) is 9.86. The molecule has 1 N–H and O–H groups in total. The molecule has 1 atom stereocenters. The van der Waals surface area contributed by atoms with Gasteiger partial charge in [0.15, 0.2) is 0 Å². The van der Waals surface area contributed by atoms with Crippen LogP contribution < -0.4 is 5.32 Å². The van der Waals surface area contributed by atoms with Crippen molar-refractivity contribution in [1.82, 2.24) is 10.2 Å². The summed E-state index contributed by atoms with van der Waals surface area (Å²) in [6, 6.07) is 4.05. The molecular formula is C19H22N2O5S. The predicted octanol–water partition coefficient (Wildman–Crippen LogP) is 2.19. The largest absolute Gasteiger partial charge is 0.303 e. The van der Waals surface area contributed by atoms with E-state index in [0.717, 1.165) is 29.8 Å². The van der Waals surface area contributed by atoms with E-state index < -0.39 is 23.8 Å². The topological polar surface area (TPSA) is 101 Å². The minimum Gasteiger partial charge on any atom is -0.303 e. The number of aldehydes is 1. The summed E-state index contributed by atoms with van der Waals surface area (Å²) in [7, 11) is 0. The van der Waals surface area contributed by atoms with Crippen molar-refractivity contribution in [2.75, 3.05) is 5.75 Å². The van der Waals surface area contributed by atoms with E-state index in [2.05, 4.69) is 0 Å². The van der Waals surface area contributed by atoms with E-state index in [0.29, 0.717) is 23.3 Å². The SMILES string of the molecule is CCCC(C(=O)NC=O)N1C(=O)c2cccc(SCCCCC=O)c2C1=O. The van der Waals surface area contributed by atoms with Crippen molar-refractivity contribution in [3.8, 4) is 0 Å². The fourth-order valence-corrected chi connectivity index (χ4v) is 4.08. The third-order valence-corrected chi connectivity index (χ3v) is 5.40. The fraction of sp³-hybridized carbons (Fsp3) is 0.421. The predicted molar refractivity (Wildman–Crippen MR) is 100 cm³/mol. The summed E-state index contributed by atoms with van der Waals surface area (Å²) in [6.07, 6.45) is 4.08. The number of nitrogens with one attached hydrogen (secondary N) is 1. The monoisotopic (exact) mass is 390 g/mol. The molecule has 0 saturated heterocycles. The molecule has 1 aromatic rings. The molecule has 0 fully saturated rings. The molecule has 0 saturated carbocycles. The van der Waals surface area contributed by atoms with Crippen LogP contribution in [-0.2, 0) is 14.4 Å². The molecule has 1 unspecified atom stereocenters. The highest BCUT2D eigenvalue weighted by Gasteiger charge is 2.43. The highest BCUT2D eigenvalue weighted by atomic mass is 32.2. The molecule has 1 aliphatic rings. The highest BCUT2D eigenvalue weighted by Crippen LogP contribution is 2.34. The first-order valence-electron chi connectivity index (χ1n) is 8.88. The first kappa shape index (κ1) is 20.8. The summed E-state index contributed by atoms with van der Waals surface area (Å²) in [5.41, 5.74) is 0.584. The van der Waals surface area contributed by atoms with Gasteiger partial charge in [-0.05, 0) is 37.1 Å². The van der Waals surface area contributed by atoms with Gasteiger partial charge < -0.3 is 4.79 Å². The second-order valence-electron chi connectivity index (χ2n) is 6.10. The Kier molecular flexibility index (Phi) is 7.72. The Morgan fingerprint density at radius 3 is 2.67 bits per heavy atom. The normalized spacial score (nSPS) is 14.0. The van der Waals surface area contributed by atoms with Crippen LogP contribution in [0.15, 0.2) is 23.1 Å². The average molecular weight is 390 g/mol. The number of hydrogen-bond acceptors (Lipinski definition) is 6. The van der Waals surface area contributed by atoms with Crippen molar-refractivity contribution in [1.29, 1.82) is 0 Å². The molecule has 1 heterocycles. The summed E-state index contributed by atoms with van der Waals surface area (Å²) in [5, 5.41) is 2.04. The van der Waals surface area contributed by atoms with Crippen molar-refractivity contribution >= 4 is 42.2 Å². The van der Waals surface area contributed by atoms with Crippen LogP contribution >= 0.6 is 11.8 Å². The van der Waals surface area contributed by atoms with Crippen LogP contribution in [0.1, 0.15) is 59.7 Å². The molecule has 0 radical (unpaired) electrons. The number of amides is 4. The smallest absolute Gasteiger partial charge is 0.263 e. The van der Waals surface area contributed by atoms with Crippen molar-refractivity contribution in [3.63, 3.8) is 0 Å². The second kappa shape index (κ2) is 10.0. The summed E-state index contributed by atoms with van der Waals surface area (Å²) in [6.45, 7) is 1.83. The van der Waals surface area contributed by atoms with Gasteiger partial charge in [0.25, 0.3) is 11.8 Å². The van der Waals surface area contributed by atoms with Crippen LogP contribution in [-0.4, -0.2) is 47.1 Å². The van der Waals surface area contributed by atoms with Crippen LogP contribution in [0.5, 0.6) is 0 Å². The number of carbonyl (C=O) groups is 5. The molecule has 1 aliphatic heterocycles. The molecule has 0 aliphatic carbocycles. The van der Waals surface area contributed by atoms with E-state index in [-0.39, 0.29) is 18.4 Å². The maximum atomic E-state index is 13.0. The molecule has 4 amide bonds. The molecule has 7 nitrogen and oxygen atoms in total. The fourth-order valence-electron chi connectivity index (χ4n) is 2.99. The Labute approximate surface area is 161 Å². The summed E-state index contributed by atoms with van der Waals surface area (Å²) >= 11 is 1.46. The third kappa shape index (κ3) is 4.63. The van der Waals surface area contributed by atoms with E-state index in [9.17, 15) is 24.0 Å². The molecule has 2 rings (SSSR count). The third-order valence-electron chi connectivity index (χ3n) is 4.26. The van der Waals surface area contributed by atoms with Crippen LogP contribution in [0.2, 0.25) is 0 Å². The lowest BCUT2D eigenvalue weighted by molar-refractivity contribution is -0.128. The number of thioether (sulfide) groups is 1. The van der Waals surface area contributed by atoms with Crippen molar-refractivity contribution < 1.29 is 24.0 Å². The number of nitrogens with zero attached hydrogens (tertiary/aromatic N) is 1. The van der Waals surface area contributed by atoms with Gasteiger partial charge >= 0.3 is 0 Å². The van der Waals surface area contributed by atoms with E-state index in [1.807, 2.05) is 12.2 Å². The molecule has 8 heteroatoms. The molecule has 1 aromatic carbocycles. The van der Waals surface area contributed by atoms with Gasteiger partial charge in [-0.3, -0.25) is 29.4 Å². The van der Waals surface area contributed by atoms with Gasteiger partial charge in [-0.1, -0.05) is 19.4 Å². The maximum absolute atomic E-state index is 13.0. The van der Waals surface area contributed by atoms with Crippen molar-refractivity contribution in [3.05, 3.63) is 29.3 Å². The zero-order chi connectivity index (χ0) is 19.8. The van der Waals surface area contributed by atoms with Gasteiger partial charge in [0.1, 0.15) is 12.3 Å². The lowest BCUT2D eigenvalue weighted by atomic mass is 10.1. The molecular weight excluding hydrogens is 368 g/mol. The van der Waals surface area contributed by atoms with E-state index >= 15 is 0 Å². The van der Waals surface area contributed by atoms with Crippen LogP contribution in [0.4, 0.5) is 0 Å². The van der Waals surface area contributed by atoms with E-state index in [1.165, 1.54) is 11.8 Å². The van der Waals surface area contributed by atoms with Crippen LogP contribution in [0.3, 0.4) is 0 Å². The van der Waals surface area contributed by atoms with Crippen molar-refractivity contribution in [2.45, 2.75) is 50.0 Å². The molecule has 0 aromatic heterocycles. The van der Waals surface area contributed by atoms with Crippen LogP contribution in [0.25, 0.3) is 0 Å². The second-order valence-corrected chi connectivity index (χ2v) is 7.24. The Balaban J connectivity index is 2.25. The Bertz CT molecular complexity index is 750. The number of hydrogen-bond donors (Lipinski definition) is 1. The standard InChI is InChI=1S/C19H22N2O5S/c1-2-7-14(17(24)20-12-23)21-18(25)13-8-6-9-15(16(13)19(21)26)27-11-5-3-4-10-22/h6,8-10,12,14H,2-5,7,11H2,1H3,(H,20,23,24). The van der Waals surface area contributed by atoms with Gasteiger partial charge in [0.05, 0.1) is 11.1 Å². The number of rotatable bonds is 11. The molecule has 27 heavy (non-hydrogen) atoms. The Morgan fingerprint density at radius 1 is 1.22 bits per heavy atom. The number of carbonyl (C=O) groups excluding carboxylic acids is 5. The number of unbranched alkanes of at least 4 members (excludes halogenated alkanes) is 2. The maximum Gasteiger partial charge on any atom is 0.263 e. The first-order chi connectivity index (χ1) is 13.1. The van der Waals surface area contributed by atoms with E-state index in [1.54, 1.807) is 18.2 Å². The minimum atomic E-state index is -1.02. The molecule has 0 bridgehead atoms. The lowest BCUT2D eigenvalue weighted by Crippen LogP contribution is -2.49. The molecule has 0 spiro atoms. The number of fused-ring (bicyclic) bond motifs is 1.